The maximum Gasteiger partial charge on any atom is 0.205 e. The SMILES string of the molecule is CC(C)c1cc2onc(C3(CN)CCCCC3)c2o1. The molecule has 2 aromatic heterocycles. The van der Waals surface area contributed by atoms with Crippen molar-refractivity contribution in [2.45, 2.75) is 57.3 Å². The maximum atomic E-state index is 6.06. The van der Waals surface area contributed by atoms with Gasteiger partial charge in [0.15, 0.2) is 5.58 Å². The van der Waals surface area contributed by atoms with Crippen molar-refractivity contribution in [1.82, 2.24) is 5.16 Å². The molecule has 2 N–H and O–H groups in total. The summed E-state index contributed by atoms with van der Waals surface area (Å²) in [6, 6.07) is 1.96. The Balaban J connectivity index is 2.07. The third kappa shape index (κ3) is 1.98. The van der Waals surface area contributed by atoms with Crippen LogP contribution < -0.4 is 5.73 Å². The van der Waals surface area contributed by atoms with Crippen LogP contribution in [-0.4, -0.2) is 11.7 Å². The van der Waals surface area contributed by atoms with Gasteiger partial charge in [0.1, 0.15) is 11.5 Å². The van der Waals surface area contributed by atoms with E-state index in [0.717, 1.165) is 35.5 Å². The number of hydrogen-bond donors (Lipinski definition) is 1. The van der Waals surface area contributed by atoms with Gasteiger partial charge in [0, 0.05) is 23.9 Å². The average Bonchev–Trinajstić information content (AvgIpc) is 2.99. The van der Waals surface area contributed by atoms with Crippen LogP contribution >= 0.6 is 0 Å². The summed E-state index contributed by atoms with van der Waals surface area (Å²) in [5, 5.41) is 4.27. The van der Waals surface area contributed by atoms with E-state index in [-0.39, 0.29) is 5.41 Å². The summed E-state index contributed by atoms with van der Waals surface area (Å²) < 4.78 is 11.4. The van der Waals surface area contributed by atoms with Crippen LogP contribution in [0.1, 0.15) is 63.3 Å². The molecule has 0 spiro atoms. The fourth-order valence-electron chi connectivity index (χ4n) is 3.15. The van der Waals surface area contributed by atoms with Gasteiger partial charge in [-0.3, -0.25) is 0 Å². The van der Waals surface area contributed by atoms with Crippen LogP contribution in [0.2, 0.25) is 0 Å². The summed E-state index contributed by atoms with van der Waals surface area (Å²) in [4.78, 5) is 0. The van der Waals surface area contributed by atoms with Crippen molar-refractivity contribution in [3.8, 4) is 0 Å². The molecule has 4 nitrogen and oxygen atoms in total. The molecule has 0 bridgehead atoms. The first-order valence-electron chi connectivity index (χ1n) is 7.26. The molecular weight excluding hydrogens is 240 g/mol. The van der Waals surface area contributed by atoms with E-state index in [9.17, 15) is 0 Å². The topological polar surface area (TPSA) is 65.2 Å². The van der Waals surface area contributed by atoms with Crippen LogP contribution in [0.4, 0.5) is 0 Å². The fourth-order valence-corrected chi connectivity index (χ4v) is 3.15. The van der Waals surface area contributed by atoms with Crippen molar-refractivity contribution in [3.05, 3.63) is 17.5 Å². The molecule has 1 aliphatic rings. The van der Waals surface area contributed by atoms with Gasteiger partial charge in [-0.15, -0.1) is 0 Å². The summed E-state index contributed by atoms with van der Waals surface area (Å²) in [5.41, 5.74) is 8.54. The van der Waals surface area contributed by atoms with E-state index in [1.54, 1.807) is 0 Å². The summed E-state index contributed by atoms with van der Waals surface area (Å²) in [6.07, 6.45) is 5.89. The van der Waals surface area contributed by atoms with E-state index >= 15 is 0 Å². The Morgan fingerprint density at radius 1 is 1.32 bits per heavy atom. The minimum Gasteiger partial charge on any atom is -0.455 e. The van der Waals surface area contributed by atoms with Crippen LogP contribution in [0.3, 0.4) is 0 Å². The van der Waals surface area contributed by atoms with Crippen LogP contribution in [-0.2, 0) is 5.41 Å². The van der Waals surface area contributed by atoms with Gasteiger partial charge in [0.05, 0.1) is 0 Å². The molecule has 4 heteroatoms. The lowest BCUT2D eigenvalue weighted by Gasteiger charge is -2.33. The molecule has 19 heavy (non-hydrogen) atoms. The highest BCUT2D eigenvalue weighted by molar-refractivity contribution is 5.75. The number of nitrogens with zero attached hydrogens (tertiary/aromatic N) is 1. The van der Waals surface area contributed by atoms with Crippen LogP contribution in [0.5, 0.6) is 0 Å². The van der Waals surface area contributed by atoms with Gasteiger partial charge in [0.25, 0.3) is 0 Å². The Morgan fingerprint density at radius 3 is 2.68 bits per heavy atom. The molecule has 0 saturated heterocycles. The molecular formula is C15H22N2O2. The first-order valence-corrected chi connectivity index (χ1v) is 7.26. The van der Waals surface area contributed by atoms with Crippen molar-refractivity contribution in [3.63, 3.8) is 0 Å². The van der Waals surface area contributed by atoms with E-state index in [0.29, 0.717) is 12.5 Å². The first-order chi connectivity index (χ1) is 9.16. The summed E-state index contributed by atoms with van der Waals surface area (Å²) in [7, 11) is 0. The second kappa shape index (κ2) is 4.67. The third-order valence-corrected chi connectivity index (χ3v) is 4.44. The quantitative estimate of drug-likeness (QED) is 0.915. The second-order valence-corrected chi connectivity index (χ2v) is 6.07. The highest BCUT2D eigenvalue weighted by Crippen LogP contribution is 2.42. The first kappa shape index (κ1) is 12.7. The van der Waals surface area contributed by atoms with Crippen LogP contribution in [0, 0.1) is 0 Å². The van der Waals surface area contributed by atoms with Crippen molar-refractivity contribution >= 4 is 11.2 Å². The Morgan fingerprint density at radius 2 is 2.05 bits per heavy atom. The molecule has 1 fully saturated rings. The lowest BCUT2D eigenvalue weighted by molar-refractivity contribution is 0.278. The summed E-state index contributed by atoms with van der Waals surface area (Å²) >= 11 is 0. The van der Waals surface area contributed by atoms with E-state index in [1.165, 1.54) is 19.3 Å². The molecule has 3 rings (SSSR count). The number of aromatic nitrogens is 1. The van der Waals surface area contributed by atoms with Crippen LogP contribution in [0.25, 0.3) is 11.2 Å². The third-order valence-electron chi connectivity index (χ3n) is 4.44. The van der Waals surface area contributed by atoms with E-state index in [2.05, 4.69) is 19.0 Å². The molecule has 0 aliphatic heterocycles. The van der Waals surface area contributed by atoms with Gasteiger partial charge in [-0.2, -0.15) is 0 Å². The van der Waals surface area contributed by atoms with Gasteiger partial charge >= 0.3 is 0 Å². The van der Waals surface area contributed by atoms with Gasteiger partial charge < -0.3 is 14.7 Å². The molecule has 0 unspecified atom stereocenters. The zero-order valence-corrected chi connectivity index (χ0v) is 11.7. The van der Waals surface area contributed by atoms with E-state index in [1.807, 2.05) is 6.07 Å². The molecule has 0 radical (unpaired) electrons. The number of furan rings is 1. The molecule has 104 valence electrons. The molecule has 0 atom stereocenters. The molecule has 0 aromatic carbocycles. The summed E-state index contributed by atoms with van der Waals surface area (Å²) in [5.74, 6) is 1.32. The predicted octanol–water partition coefficient (Wildman–Crippen LogP) is 3.70. The van der Waals surface area contributed by atoms with E-state index in [4.69, 9.17) is 14.7 Å². The number of fused-ring (bicyclic) bond motifs is 1. The van der Waals surface area contributed by atoms with Crippen LogP contribution in [0.15, 0.2) is 15.0 Å². The highest BCUT2D eigenvalue weighted by atomic mass is 16.5. The fraction of sp³-hybridized carbons (Fsp3) is 0.667. The van der Waals surface area contributed by atoms with Gasteiger partial charge in [-0.1, -0.05) is 38.3 Å². The highest BCUT2D eigenvalue weighted by Gasteiger charge is 2.38. The number of hydrogen-bond acceptors (Lipinski definition) is 4. The minimum absolute atomic E-state index is 0.0460. The maximum absolute atomic E-state index is 6.06. The zero-order chi connectivity index (χ0) is 13.5. The molecule has 2 heterocycles. The van der Waals surface area contributed by atoms with Crippen molar-refractivity contribution in [1.29, 1.82) is 0 Å². The Labute approximate surface area is 113 Å². The Bertz CT molecular complexity index is 562. The molecule has 0 amide bonds. The van der Waals surface area contributed by atoms with Crippen molar-refractivity contribution in [2.75, 3.05) is 6.54 Å². The molecule has 1 saturated carbocycles. The second-order valence-electron chi connectivity index (χ2n) is 6.07. The van der Waals surface area contributed by atoms with Gasteiger partial charge in [-0.05, 0) is 12.8 Å². The van der Waals surface area contributed by atoms with E-state index < -0.39 is 0 Å². The lowest BCUT2D eigenvalue weighted by atomic mass is 9.71. The number of nitrogens with two attached hydrogens (primary N) is 1. The zero-order valence-electron chi connectivity index (χ0n) is 11.7. The minimum atomic E-state index is -0.0460. The standard InChI is InChI=1S/C15H22N2O2/c1-10(2)11-8-12-13(18-11)14(17-19-12)15(9-16)6-4-3-5-7-15/h8,10H,3-7,9,16H2,1-2H3. The lowest BCUT2D eigenvalue weighted by Crippen LogP contribution is -2.37. The molecule has 2 aromatic rings. The Hall–Kier alpha value is -1.29. The average molecular weight is 262 g/mol. The normalized spacial score (nSPS) is 19.4. The predicted molar refractivity (Wildman–Crippen MR) is 74.2 cm³/mol. The molecule has 1 aliphatic carbocycles. The van der Waals surface area contributed by atoms with Crippen molar-refractivity contribution < 1.29 is 8.94 Å². The number of rotatable bonds is 3. The summed E-state index contributed by atoms with van der Waals surface area (Å²) in [6.45, 7) is 4.85. The van der Waals surface area contributed by atoms with Gasteiger partial charge in [0.2, 0.25) is 5.58 Å². The van der Waals surface area contributed by atoms with Gasteiger partial charge in [-0.25, -0.2) is 0 Å². The largest absolute Gasteiger partial charge is 0.455 e. The monoisotopic (exact) mass is 262 g/mol. The Kier molecular flexibility index (Phi) is 3.13. The van der Waals surface area contributed by atoms with Crippen molar-refractivity contribution in [2.24, 2.45) is 5.73 Å². The smallest absolute Gasteiger partial charge is 0.205 e.